The molecule has 0 heterocycles. The minimum absolute atomic E-state index is 0.000625. The van der Waals surface area contributed by atoms with Gasteiger partial charge in [0.2, 0.25) is 0 Å². The summed E-state index contributed by atoms with van der Waals surface area (Å²) < 4.78 is 12.8. The number of carboxylic acid groups (broad SMARTS) is 1. The van der Waals surface area contributed by atoms with Crippen LogP contribution in [0.15, 0.2) is 42.5 Å². The molecule has 1 N–H and O–H groups in total. The van der Waals surface area contributed by atoms with E-state index in [0.717, 1.165) is 0 Å². The molecule has 0 saturated carbocycles. The summed E-state index contributed by atoms with van der Waals surface area (Å²) in [6.07, 6.45) is 2.84. The molecule has 0 amide bonds. The molecular weight excluding hydrogens is 277 g/mol. The van der Waals surface area contributed by atoms with Gasteiger partial charge in [0, 0.05) is 6.07 Å². The maximum absolute atomic E-state index is 12.8. The van der Waals surface area contributed by atoms with Gasteiger partial charge in [-0.1, -0.05) is 24.3 Å². The van der Waals surface area contributed by atoms with Crippen LogP contribution < -0.4 is 0 Å². The second-order valence-corrected chi connectivity index (χ2v) is 4.19. The monoisotopic (exact) mass is 287 g/mol. The number of carbonyl (C=O) groups is 1. The standard InChI is InChI=1S/C15H10FNO4/c16-11-7-4-10(5-8-11)6-9-12-13(15(18)19)2-1-3-14(12)17(20)21/h1-9H,(H,18,19). The van der Waals surface area contributed by atoms with Crippen LogP contribution in [-0.2, 0) is 0 Å². The highest BCUT2D eigenvalue weighted by Gasteiger charge is 2.18. The molecule has 0 aliphatic carbocycles. The number of benzene rings is 2. The van der Waals surface area contributed by atoms with Gasteiger partial charge in [-0.25, -0.2) is 9.18 Å². The lowest BCUT2D eigenvalue weighted by Crippen LogP contribution is -2.02. The Kier molecular flexibility index (Phi) is 4.08. The molecule has 6 heteroatoms. The quantitative estimate of drug-likeness (QED) is 0.529. The summed E-state index contributed by atoms with van der Waals surface area (Å²) in [6, 6.07) is 9.31. The van der Waals surface area contributed by atoms with E-state index in [1.54, 1.807) is 0 Å². The second kappa shape index (κ2) is 5.96. The number of aromatic carboxylic acids is 1. The van der Waals surface area contributed by atoms with Crippen molar-refractivity contribution in [3.05, 3.63) is 75.1 Å². The minimum atomic E-state index is -1.25. The van der Waals surface area contributed by atoms with Crippen LogP contribution in [0.25, 0.3) is 12.2 Å². The summed E-state index contributed by atoms with van der Waals surface area (Å²) >= 11 is 0. The lowest BCUT2D eigenvalue weighted by atomic mass is 10.0. The summed E-state index contributed by atoms with van der Waals surface area (Å²) in [4.78, 5) is 21.5. The van der Waals surface area contributed by atoms with Crippen molar-refractivity contribution in [1.29, 1.82) is 0 Å². The molecule has 5 nitrogen and oxygen atoms in total. The lowest BCUT2D eigenvalue weighted by molar-refractivity contribution is -0.385. The maximum Gasteiger partial charge on any atom is 0.336 e. The van der Waals surface area contributed by atoms with Gasteiger partial charge >= 0.3 is 5.97 Å². The highest BCUT2D eigenvalue weighted by atomic mass is 19.1. The number of hydrogen-bond acceptors (Lipinski definition) is 3. The van der Waals surface area contributed by atoms with E-state index >= 15 is 0 Å². The molecule has 2 rings (SSSR count). The Labute approximate surface area is 119 Å². The van der Waals surface area contributed by atoms with Crippen molar-refractivity contribution in [3.8, 4) is 0 Å². The van der Waals surface area contributed by atoms with E-state index in [1.807, 2.05) is 0 Å². The largest absolute Gasteiger partial charge is 0.478 e. The zero-order valence-electron chi connectivity index (χ0n) is 10.7. The number of rotatable bonds is 4. The zero-order chi connectivity index (χ0) is 15.4. The first-order chi connectivity index (χ1) is 9.99. The van der Waals surface area contributed by atoms with Crippen LogP contribution >= 0.6 is 0 Å². The summed E-state index contributed by atoms with van der Waals surface area (Å²) in [5, 5.41) is 20.1. The third kappa shape index (κ3) is 3.30. The fourth-order valence-electron chi connectivity index (χ4n) is 1.83. The molecule has 0 radical (unpaired) electrons. The van der Waals surface area contributed by atoms with Gasteiger partial charge in [-0.15, -0.1) is 0 Å². The van der Waals surface area contributed by atoms with Gasteiger partial charge in [0.1, 0.15) is 5.82 Å². The highest BCUT2D eigenvalue weighted by Crippen LogP contribution is 2.25. The molecule has 0 spiro atoms. The van der Waals surface area contributed by atoms with Gasteiger partial charge in [0.25, 0.3) is 5.69 Å². The van der Waals surface area contributed by atoms with Crippen LogP contribution in [0.4, 0.5) is 10.1 Å². The number of hydrogen-bond donors (Lipinski definition) is 1. The maximum atomic E-state index is 12.8. The van der Waals surface area contributed by atoms with Gasteiger partial charge in [-0.05, 0) is 29.8 Å². The fraction of sp³-hybridized carbons (Fsp3) is 0. The Morgan fingerprint density at radius 2 is 1.81 bits per heavy atom. The number of carboxylic acids is 1. The van der Waals surface area contributed by atoms with Crippen LogP contribution in [0.1, 0.15) is 21.5 Å². The molecule has 0 aromatic heterocycles. The molecule has 21 heavy (non-hydrogen) atoms. The first-order valence-corrected chi connectivity index (χ1v) is 5.93. The van der Waals surface area contributed by atoms with Crippen LogP contribution in [0.2, 0.25) is 0 Å². The first kappa shape index (κ1) is 14.4. The summed E-state index contributed by atoms with van der Waals surface area (Å²) in [5.41, 5.74) is 0.140. The molecule has 0 bridgehead atoms. The van der Waals surface area contributed by atoms with Crippen molar-refractivity contribution in [2.75, 3.05) is 0 Å². The fourth-order valence-corrected chi connectivity index (χ4v) is 1.83. The van der Waals surface area contributed by atoms with E-state index in [-0.39, 0.29) is 16.8 Å². The number of nitro groups is 1. The van der Waals surface area contributed by atoms with Crippen LogP contribution in [0, 0.1) is 15.9 Å². The van der Waals surface area contributed by atoms with Gasteiger partial charge in [0.05, 0.1) is 16.1 Å². The SMILES string of the molecule is O=C(O)c1cccc([N+](=O)[O-])c1C=Cc1ccc(F)cc1. The molecule has 2 aromatic rings. The molecule has 0 atom stereocenters. The van der Waals surface area contributed by atoms with Crippen molar-refractivity contribution in [3.63, 3.8) is 0 Å². The Morgan fingerprint density at radius 3 is 2.38 bits per heavy atom. The lowest BCUT2D eigenvalue weighted by Gasteiger charge is -2.02. The normalized spacial score (nSPS) is 10.7. The number of halogens is 1. The predicted molar refractivity (Wildman–Crippen MR) is 75.4 cm³/mol. The molecule has 0 fully saturated rings. The molecular formula is C15H10FNO4. The second-order valence-electron chi connectivity index (χ2n) is 4.19. The smallest absolute Gasteiger partial charge is 0.336 e. The van der Waals surface area contributed by atoms with Crippen molar-refractivity contribution < 1.29 is 19.2 Å². The Morgan fingerprint density at radius 1 is 1.14 bits per heavy atom. The molecule has 106 valence electrons. The van der Waals surface area contributed by atoms with Crippen molar-refractivity contribution in [2.45, 2.75) is 0 Å². The summed E-state index contributed by atoms with van der Waals surface area (Å²) in [6.45, 7) is 0. The Hall–Kier alpha value is -3.02. The molecule has 0 aliphatic heterocycles. The predicted octanol–water partition coefficient (Wildman–Crippen LogP) is 3.60. The van der Waals surface area contributed by atoms with Gasteiger partial charge in [-0.2, -0.15) is 0 Å². The Balaban J connectivity index is 2.48. The summed E-state index contributed by atoms with van der Waals surface area (Å²) in [7, 11) is 0. The van der Waals surface area contributed by atoms with E-state index in [2.05, 4.69) is 0 Å². The Bertz CT molecular complexity index is 691. The number of nitro benzene ring substituents is 1. The topological polar surface area (TPSA) is 80.4 Å². The third-order valence-corrected chi connectivity index (χ3v) is 2.82. The van der Waals surface area contributed by atoms with Crippen LogP contribution in [0.3, 0.4) is 0 Å². The van der Waals surface area contributed by atoms with Crippen molar-refractivity contribution >= 4 is 23.8 Å². The number of nitrogens with zero attached hydrogens (tertiary/aromatic N) is 1. The summed E-state index contributed by atoms with van der Waals surface area (Å²) in [5.74, 6) is -1.65. The molecule has 0 unspecified atom stereocenters. The highest BCUT2D eigenvalue weighted by molar-refractivity contribution is 5.95. The minimum Gasteiger partial charge on any atom is -0.478 e. The van der Waals surface area contributed by atoms with Crippen molar-refractivity contribution in [1.82, 2.24) is 0 Å². The van der Waals surface area contributed by atoms with Gasteiger partial charge in [0.15, 0.2) is 0 Å². The first-order valence-electron chi connectivity index (χ1n) is 5.93. The molecule has 2 aromatic carbocycles. The van der Waals surface area contributed by atoms with Gasteiger partial charge < -0.3 is 5.11 Å². The van der Waals surface area contributed by atoms with E-state index < -0.39 is 16.7 Å². The van der Waals surface area contributed by atoms with E-state index in [0.29, 0.717) is 5.56 Å². The van der Waals surface area contributed by atoms with Crippen molar-refractivity contribution in [2.24, 2.45) is 0 Å². The third-order valence-electron chi connectivity index (χ3n) is 2.82. The average Bonchev–Trinajstić information content (AvgIpc) is 2.46. The van der Waals surface area contributed by atoms with E-state index in [1.165, 1.54) is 54.6 Å². The zero-order valence-corrected chi connectivity index (χ0v) is 10.7. The average molecular weight is 287 g/mol. The van der Waals surface area contributed by atoms with E-state index in [9.17, 15) is 19.3 Å². The van der Waals surface area contributed by atoms with E-state index in [4.69, 9.17) is 5.11 Å². The van der Waals surface area contributed by atoms with Crippen LogP contribution in [0.5, 0.6) is 0 Å². The van der Waals surface area contributed by atoms with Gasteiger partial charge in [-0.3, -0.25) is 10.1 Å². The molecule has 0 saturated heterocycles. The molecule has 0 aliphatic rings. The van der Waals surface area contributed by atoms with Crippen LogP contribution in [-0.4, -0.2) is 16.0 Å².